The lowest BCUT2D eigenvalue weighted by Crippen LogP contribution is -2.23. The fourth-order valence-electron chi connectivity index (χ4n) is 1.97. The molecule has 4 nitrogen and oxygen atoms in total. The highest BCUT2D eigenvalue weighted by molar-refractivity contribution is 7.15. The maximum atomic E-state index is 4.21. The molecule has 1 aliphatic rings. The molecule has 0 aliphatic carbocycles. The maximum Gasteiger partial charge on any atom is 0.205 e. The maximum absolute atomic E-state index is 4.21. The van der Waals surface area contributed by atoms with Crippen LogP contribution in [0, 0.1) is 5.92 Å². The van der Waals surface area contributed by atoms with E-state index >= 15 is 0 Å². The van der Waals surface area contributed by atoms with E-state index in [4.69, 9.17) is 0 Å². The normalized spacial score (nSPS) is 21.9. The molecular weight excluding hydrogens is 220 g/mol. The minimum absolute atomic E-state index is 0.546. The molecule has 1 fully saturated rings. The van der Waals surface area contributed by atoms with Crippen LogP contribution in [0.15, 0.2) is 0 Å². The number of rotatable bonds is 4. The van der Waals surface area contributed by atoms with Crippen molar-refractivity contribution >= 4 is 16.5 Å². The average molecular weight is 240 g/mol. The fourth-order valence-corrected chi connectivity index (χ4v) is 3.00. The molecule has 1 aromatic heterocycles. The van der Waals surface area contributed by atoms with Crippen LogP contribution in [0.4, 0.5) is 5.13 Å². The molecule has 2 heterocycles. The summed E-state index contributed by atoms with van der Waals surface area (Å²) in [4.78, 5) is 2.34. The number of likely N-dealkylation sites (N-methyl/N-ethyl adjacent to an activating group) is 1. The second-order valence-corrected chi connectivity index (χ2v) is 6.05. The minimum atomic E-state index is 0.546. The Balaban J connectivity index is 1.87. The molecule has 0 amide bonds. The third kappa shape index (κ3) is 3.15. The van der Waals surface area contributed by atoms with E-state index in [0.29, 0.717) is 12.0 Å². The van der Waals surface area contributed by atoms with Gasteiger partial charge in [-0.1, -0.05) is 25.2 Å². The van der Waals surface area contributed by atoms with Gasteiger partial charge in [-0.05, 0) is 25.9 Å². The van der Waals surface area contributed by atoms with Crippen molar-refractivity contribution in [2.45, 2.75) is 32.7 Å². The van der Waals surface area contributed by atoms with Crippen LogP contribution >= 0.6 is 11.3 Å². The van der Waals surface area contributed by atoms with Crippen molar-refractivity contribution in [3.8, 4) is 0 Å². The fraction of sp³-hybridized carbons (Fsp3) is 0.818. The van der Waals surface area contributed by atoms with Crippen LogP contribution in [-0.4, -0.2) is 41.3 Å². The van der Waals surface area contributed by atoms with Gasteiger partial charge < -0.3 is 10.2 Å². The Morgan fingerprint density at radius 2 is 2.31 bits per heavy atom. The van der Waals surface area contributed by atoms with Crippen LogP contribution in [0.1, 0.15) is 25.3 Å². The van der Waals surface area contributed by atoms with Crippen LogP contribution in [0.25, 0.3) is 0 Å². The van der Waals surface area contributed by atoms with Gasteiger partial charge >= 0.3 is 0 Å². The van der Waals surface area contributed by atoms with E-state index in [-0.39, 0.29) is 0 Å². The molecule has 5 heteroatoms. The van der Waals surface area contributed by atoms with Crippen LogP contribution in [-0.2, 0) is 6.42 Å². The highest BCUT2D eigenvalue weighted by Gasteiger charge is 2.20. The Kier molecular flexibility index (Phi) is 3.76. The number of likely N-dealkylation sites (tertiary alicyclic amines) is 1. The summed E-state index contributed by atoms with van der Waals surface area (Å²) < 4.78 is 0. The van der Waals surface area contributed by atoms with Crippen molar-refractivity contribution < 1.29 is 0 Å². The predicted molar refractivity (Wildman–Crippen MR) is 68.0 cm³/mol. The quantitative estimate of drug-likeness (QED) is 0.872. The van der Waals surface area contributed by atoms with Gasteiger partial charge in [-0.2, -0.15) is 0 Å². The first-order valence-corrected chi connectivity index (χ1v) is 6.72. The van der Waals surface area contributed by atoms with Gasteiger partial charge in [0.2, 0.25) is 5.13 Å². The Labute approximate surface area is 101 Å². The van der Waals surface area contributed by atoms with Gasteiger partial charge in [-0.25, -0.2) is 0 Å². The SMILES string of the molecule is CC(C)Cc1nnc(NC2CCN(C)C2)s1. The van der Waals surface area contributed by atoms with E-state index in [1.807, 2.05) is 0 Å². The summed E-state index contributed by atoms with van der Waals surface area (Å²) in [5.74, 6) is 0.651. The standard InChI is InChI=1S/C11H20N4S/c1-8(2)6-10-13-14-11(16-10)12-9-4-5-15(3)7-9/h8-9H,4-7H2,1-3H3,(H,12,14). The molecule has 0 bridgehead atoms. The number of anilines is 1. The summed E-state index contributed by atoms with van der Waals surface area (Å²) >= 11 is 1.70. The lowest BCUT2D eigenvalue weighted by atomic mass is 10.1. The van der Waals surface area contributed by atoms with Gasteiger partial charge in [-0.15, -0.1) is 10.2 Å². The predicted octanol–water partition coefficient (Wildman–Crippen LogP) is 1.85. The van der Waals surface area contributed by atoms with Crippen molar-refractivity contribution in [2.24, 2.45) is 5.92 Å². The van der Waals surface area contributed by atoms with Crippen molar-refractivity contribution in [1.82, 2.24) is 15.1 Å². The second kappa shape index (κ2) is 5.10. The second-order valence-electron chi connectivity index (χ2n) is 4.99. The number of nitrogens with zero attached hydrogens (tertiary/aromatic N) is 3. The molecule has 1 atom stereocenters. The number of hydrogen-bond donors (Lipinski definition) is 1. The molecule has 1 saturated heterocycles. The van der Waals surface area contributed by atoms with Gasteiger partial charge in [0.25, 0.3) is 0 Å². The van der Waals surface area contributed by atoms with Gasteiger partial charge in [0, 0.05) is 19.0 Å². The summed E-state index contributed by atoms with van der Waals surface area (Å²) in [6.45, 7) is 6.70. The molecule has 16 heavy (non-hydrogen) atoms. The van der Waals surface area contributed by atoms with Gasteiger partial charge in [0.15, 0.2) is 0 Å². The van der Waals surface area contributed by atoms with Crippen LogP contribution in [0.2, 0.25) is 0 Å². The van der Waals surface area contributed by atoms with E-state index in [9.17, 15) is 0 Å². The van der Waals surface area contributed by atoms with Crippen molar-refractivity contribution in [2.75, 3.05) is 25.5 Å². The Bertz CT molecular complexity index is 336. The molecular formula is C11H20N4S. The molecule has 1 aliphatic heterocycles. The molecule has 90 valence electrons. The molecule has 2 rings (SSSR count). The highest BCUT2D eigenvalue weighted by atomic mass is 32.1. The van der Waals surface area contributed by atoms with E-state index in [1.54, 1.807) is 11.3 Å². The van der Waals surface area contributed by atoms with E-state index in [1.165, 1.54) is 13.0 Å². The largest absolute Gasteiger partial charge is 0.356 e. The Morgan fingerprint density at radius 1 is 1.50 bits per heavy atom. The Morgan fingerprint density at radius 3 is 2.94 bits per heavy atom. The highest BCUT2D eigenvalue weighted by Crippen LogP contribution is 2.21. The smallest absolute Gasteiger partial charge is 0.205 e. The molecule has 1 unspecified atom stereocenters. The zero-order chi connectivity index (χ0) is 11.5. The zero-order valence-corrected chi connectivity index (χ0v) is 11.0. The summed E-state index contributed by atoms with van der Waals surface area (Å²) in [7, 11) is 2.16. The van der Waals surface area contributed by atoms with Crippen LogP contribution in [0.3, 0.4) is 0 Å². The van der Waals surface area contributed by atoms with Crippen molar-refractivity contribution in [3.05, 3.63) is 5.01 Å². The van der Waals surface area contributed by atoms with Crippen LogP contribution in [0.5, 0.6) is 0 Å². The third-order valence-electron chi connectivity index (χ3n) is 2.77. The molecule has 1 aromatic rings. The lowest BCUT2D eigenvalue weighted by molar-refractivity contribution is 0.414. The van der Waals surface area contributed by atoms with E-state index < -0.39 is 0 Å². The van der Waals surface area contributed by atoms with Gasteiger partial charge in [0.1, 0.15) is 5.01 Å². The number of aromatic nitrogens is 2. The first kappa shape index (κ1) is 11.8. The third-order valence-corrected chi connectivity index (χ3v) is 3.65. The lowest BCUT2D eigenvalue weighted by Gasteiger charge is -2.10. The molecule has 0 spiro atoms. The summed E-state index contributed by atoms with van der Waals surface area (Å²) in [5.41, 5.74) is 0. The number of nitrogens with one attached hydrogen (secondary N) is 1. The summed E-state index contributed by atoms with van der Waals surface area (Å²) in [5, 5.41) is 14.0. The molecule has 0 radical (unpaired) electrons. The topological polar surface area (TPSA) is 41.1 Å². The molecule has 1 N–H and O–H groups in total. The monoisotopic (exact) mass is 240 g/mol. The minimum Gasteiger partial charge on any atom is -0.356 e. The number of hydrogen-bond acceptors (Lipinski definition) is 5. The molecule has 0 aromatic carbocycles. The van der Waals surface area contributed by atoms with E-state index in [0.717, 1.165) is 23.1 Å². The van der Waals surface area contributed by atoms with Gasteiger partial charge in [0.05, 0.1) is 0 Å². The van der Waals surface area contributed by atoms with Crippen molar-refractivity contribution in [1.29, 1.82) is 0 Å². The zero-order valence-electron chi connectivity index (χ0n) is 10.2. The summed E-state index contributed by atoms with van der Waals surface area (Å²) in [6, 6.07) is 0.546. The van der Waals surface area contributed by atoms with Crippen molar-refractivity contribution in [3.63, 3.8) is 0 Å². The summed E-state index contributed by atoms with van der Waals surface area (Å²) in [6.07, 6.45) is 2.24. The average Bonchev–Trinajstić information content (AvgIpc) is 2.76. The van der Waals surface area contributed by atoms with Gasteiger partial charge in [-0.3, -0.25) is 0 Å². The Hall–Kier alpha value is -0.680. The first-order valence-electron chi connectivity index (χ1n) is 5.91. The van der Waals surface area contributed by atoms with Crippen LogP contribution < -0.4 is 5.32 Å². The van der Waals surface area contributed by atoms with E-state index in [2.05, 4.69) is 41.3 Å². The molecule has 0 saturated carbocycles. The first-order chi connectivity index (χ1) is 7.63.